The monoisotopic (exact) mass is 1140 g/mol. The van der Waals surface area contributed by atoms with Crippen LogP contribution in [0.1, 0.15) is 406 Å². The van der Waals surface area contributed by atoms with E-state index in [0.717, 1.165) is 44.9 Å². The van der Waals surface area contributed by atoms with Crippen LogP contribution >= 0.6 is 0 Å². The molecule has 0 radical (unpaired) electrons. The highest BCUT2D eigenvalue weighted by Gasteiger charge is 2.20. The van der Waals surface area contributed by atoms with E-state index in [1.54, 1.807) is 0 Å². The molecule has 0 fully saturated rings. The van der Waals surface area contributed by atoms with E-state index in [1.807, 2.05) is 0 Å². The van der Waals surface area contributed by atoms with Crippen molar-refractivity contribution in [2.24, 2.45) is 0 Å². The molecule has 1 amide bonds. The fraction of sp³-hybridized carbons (Fsp3) is 0.893. The van der Waals surface area contributed by atoms with Crippen LogP contribution in [0, 0.1) is 0 Å². The van der Waals surface area contributed by atoms with E-state index in [1.165, 1.54) is 327 Å². The lowest BCUT2D eigenvalue weighted by Gasteiger charge is -2.22. The van der Waals surface area contributed by atoms with Gasteiger partial charge in [-0.15, -0.1) is 0 Å². The summed E-state index contributed by atoms with van der Waals surface area (Å²) in [5.74, 6) is -0.0159. The summed E-state index contributed by atoms with van der Waals surface area (Å²) in [4.78, 5) is 24.6. The first-order valence-corrected chi connectivity index (χ1v) is 36.7. The second-order valence-corrected chi connectivity index (χ2v) is 25.3. The number of ether oxygens (including phenoxy) is 1. The highest BCUT2D eigenvalue weighted by atomic mass is 16.5. The second-order valence-electron chi connectivity index (χ2n) is 25.3. The summed E-state index contributed by atoms with van der Waals surface area (Å²) in [6, 6.07) is -0.538. The predicted octanol–water partition coefficient (Wildman–Crippen LogP) is 23.9. The Labute approximate surface area is 506 Å². The van der Waals surface area contributed by atoms with Crippen LogP contribution in [0.3, 0.4) is 0 Å². The van der Waals surface area contributed by atoms with E-state index in [2.05, 4.69) is 55.6 Å². The zero-order valence-corrected chi connectivity index (χ0v) is 54.8. The van der Waals surface area contributed by atoms with E-state index in [9.17, 15) is 19.8 Å². The maximum atomic E-state index is 12.4. The van der Waals surface area contributed by atoms with Gasteiger partial charge in [0, 0.05) is 12.8 Å². The fourth-order valence-corrected chi connectivity index (χ4v) is 11.6. The molecule has 0 aromatic rings. The summed E-state index contributed by atoms with van der Waals surface area (Å²) in [5.41, 5.74) is 0. The van der Waals surface area contributed by atoms with E-state index in [0.29, 0.717) is 25.9 Å². The van der Waals surface area contributed by atoms with Crippen LogP contribution in [0.5, 0.6) is 0 Å². The molecule has 0 spiro atoms. The Kier molecular flexibility index (Phi) is 68.9. The van der Waals surface area contributed by atoms with Crippen LogP contribution in [0.2, 0.25) is 0 Å². The van der Waals surface area contributed by atoms with Gasteiger partial charge in [0.25, 0.3) is 0 Å². The molecule has 0 aliphatic rings. The smallest absolute Gasteiger partial charge is 0.305 e. The first-order valence-electron chi connectivity index (χ1n) is 36.7. The first-order chi connectivity index (χ1) is 40.0. The molecule has 0 aromatic carbocycles. The molecule has 81 heavy (non-hydrogen) atoms. The summed E-state index contributed by atoms with van der Waals surface area (Å²) in [7, 11) is 0. The molecule has 0 saturated carbocycles. The first kappa shape index (κ1) is 79.1. The number of unbranched alkanes of at least 4 members (excludes halogenated alkanes) is 52. The lowest BCUT2D eigenvalue weighted by molar-refractivity contribution is -0.143. The van der Waals surface area contributed by atoms with Crippen molar-refractivity contribution in [1.29, 1.82) is 0 Å². The molecule has 6 heteroatoms. The van der Waals surface area contributed by atoms with Crippen molar-refractivity contribution < 1.29 is 24.5 Å². The lowest BCUT2D eigenvalue weighted by atomic mass is 10.0. The molecule has 3 N–H and O–H groups in total. The maximum Gasteiger partial charge on any atom is 0.305 e. The van der Waals surface area contributed by atoms with Crippen molar-refractivity contribution in [3.05, 3.63) is 36.5 Å². The summed E-state index contributed by atoms with van der Waals surface area (Å²) in [5, 5.41) is 23.2. The standard InChI is InChI=1S/C75H143NO5/c1-3-5-7-9-11-13-15-16-17-18-36-40-43-46-49-53-57-61-65-69-75(80)81-70-66-62-58-54-50-47-44-41-38-35-33-31-29-27-25-23-21-19-20-22-24-26-28-30-32-34-37-39-42-45-48-52-56-60-64-68-74(79)76-72(71-77)73(78)67-63-59-55-51-14-12-10-8-6-4-2/h16-17,21,23,27,29,72-73,77-78H,3-15,18-20,22,24-26,28,30-71H2,1-2H3,(H,76,79)/b17-16-,23-21-,29-27-. The maximum absolute atomic E-state index is 12.4. The van der Waals surface area contributed by atoms with Crippen LogP contribution in [0.4, 0.5) is 0 Å². The molecule has 6 nitrogen and oxygen atoms in total. The Bertz CT molecular complexity index is 1310. The number of aliphatic hydroxyl groups excluding tert-OH is 2. The highest BCUT2D eigenvalue weighted by Crippen LogP contribution is 2.19. The number of hydrogen-bond donors (Lipinski definition) is 3. The number of esters is 1. The van der Waals surface area contributed by atoms with Crippen molar-refractivity contribution in [2.75, 3.05) is 13.2 Å². The van der Waals surface area contributed by atoms with Gasteiger partial charge in [-0.25, -0.2) is 0 Å². The molecular weight excluding hydrogens is 995 g/mol. The molecule has 0 heterocycles. The Hall–Kier alpha value is -1.92. The summed E-state index contributed by atoms with van der Waals surface area (Å²) in [6.07, 6.45) is 90.8. The molecule has 0 saturated heterocycles. The number of rotatable bonds is 69. The molecule has 478 valence electrons. The van der Waals surface area contributed by atoms with Crippen LogP contribution < -0.4 is 5.32 Å². The third-order valence-electron chi connectivity index (χ3n) is 17.2. The van der Waals surface area contributed by atoms with Gasteiger partial charge < -0.3 is 20.3 Å². The zero-order valence-electron chi connectivity index (χ0n) is 54.8. The van der Waals surface area contributed by atoms with Crippen molar-refractivity contribution in [3.63, 3.8) is 0 Å². The van der Waals surface area contributed by atoms with Crippen molar-refractivity contribution in [2.45, 2.75) is 418 Å². The van der Waals surface area contributed by atoms with Gasteiger partial charge in [-0.1, -0.05) is 346 Å². The Morgan fingerprint density at radius 2 is 0.617 bits per heavy atom. The van der Waals surface area contributed by atoms with Crippen molar-refractivity contribution in [3.8, 4) is 0 Å². The molecule has 0 bridgehead atoms. The number of carbonyl (C=O) groups excluding carboxylic acids is 2. The Morgan fingerprint density at radius 1 is 0.346 bits per heavy atom. The number of hydrogen-bond acceptors (Lipinski definition) is 5. The second kappa shape index (κ2) is 70.6. The number of carbonyl (C=O) groups is 2. The highest BCUT2D eigenvalue weighted by molar-refractivity contribution is 5.76. The van der Waals surface area contributed by atoms with Crippen LogP contribution in [-0.2, 0) is 14.3 Å². The summed E-state index contributed by atoms with van der Waals surface area (Å²) < 4.78 is 5.51. The van der Waals surface area contributed by atoms with Gasteiger partial charge in [0.2, 0.25) is 5.91 Å². The van der Waals surface area contributed by atoms with Gasteiger partial charge >= 0.3 is 5.97 Å². The number of amides is 1. The topological polar surface area (TPSA) is 95.9 Å². The number of nitrogens with one attached hydrogen (secondary N) is 1. The third kappa shape index (κ3) is 67.1. The van der Waals surface area contributed by atoms with Gasteiger partial charge in [-0.2, -0.15) is 0 Å². The van der Waals surface area contributed by atoms with Crippen LogP contribution in [-0.4, -0.2) is 47.4 Å². The molecule has 2 unspecified atom stereocenters. The van der Waals surface area contributed by atoms with E-state index >= 15 is 0 Å². The van der Waals surface area contributed by atoms with Crippen molar-refractivity contribution in [1.82, 2.24) is 5.32 Å². The van der Waals surface area contributed by atoms with Crippen molar-refractivity contribution >= 4 is 11.9 Å². The quantitative estimate of drug-likeness (QED) is 0.0320. The average Bonchev–Trinajstić information content (AvgIpc) is 3.47. The largest absolute Gasteiger partial charge is 0.466 e. The Morgan fingerprint density at radius 3 is 0.951 bits per heavy atom. The van der Waals surface area contributed by atoms with Gasteiger partial charge in [0.1, 0.15) is 0 Å². The minimum atomic E-state index is -0.661. The molecule has 0 aliphatic heterocycles. The van der Waals surface area contributed by atoms with Gasteiger partial charge in [-0.3, -0.25) is 9.59 Å². The van der Waals surface area contributed by atoms with Gasteiger partial charge in [0.05, 0.1) is 25.4 Å². The van der Waals surface area contributed by atoms with E-state index in [4.69, 9.17) is 4.74 Å². The normalized spacial score (nSPS) is 12.7. The van der Waals surface area contributed by atoms with E-state index in [-0.39, 0.29) is 18.5 Å². The average molecular weight is 1140 g/mol. The zero-order chi connectivity index (χ0) is 58.5. The summed E-state index contributed by atoms with van der Waals surface area (Å²) >= 11 is 0. The number of aliphatic hydroxyl groups is 2. The van der Waals surface area contributed by atoms with Crippen LogP contribution in [0.25, 0.3) is 0 Å². The number of allylic oxidation sites excluding steroid dienone is 6. The van der Waals surface area contributed by atoms with Gasteiger partial charge in [0.15, 0.2) is 0 Å². The SMILES string of the molecule is CCCCCCCC/C=C\CCCCCCCCCCCC(=O)OCCCCCCCCCCCCC/C=C\C/C=C\CCCCCCCCCCCCCCCCCCCC(=O)NC(CO)C(O)CCCCCCCCCCCC. The minimum Gasteiger partial charge on any atom is -0.466 e. The lowest BCUT2D eigenvalue weighted by Crippen LogP contribution is -2.45. The van der Waals surface area contributed by atoms with E-state index < -0.39 is 12.1 Å². The minimum absolute atomic E-state index is 0.0168. The Balaban J connectivity index is 3.33. The molecule has 0 rings (SSSR count). The predicted molar refractivity (Wildman–Crippen MR) is 356 cm³/mol. The molecular formula is C75H143NO5. The molecule has 0 aliphatic carbocycles. The van der Waals surface area contributed by atoms with Gasteiger partial charge in [-0.05, 0) is 83.5 Å². The fourth-order valence-electron chi connectivity index (χ4n) is 11.6. The molecule has 0 aromatic heterocycles. The van der Waals surface area contributed by atoms with Crippen LogP contribution in [0.15, 0.2) is 36.5 Å². The summed E-state index contributed by atoms with van der Waals surface area (Å²) in [6.45, 7) is 4.96. The molecule has 2 atom stereocenters. The third-order valence-corrected chi connectivity index (χ3v) is 17.2.